The fourth-order valence-corrected chi connectivity index (χ4v) is 3.48. The Morgan fingerprint density at radius 1 is 1.25 bits per heavy atom. The molecule has 1 amide bonds. The van der Waals surface area contributed by atoms with Crippen molar-refractivity contribution in [2.24, 2.45) is 11.8 Å². The van der Waals surface area contributed by atoms with Crippen LogP contribution in [0.15, 0.2) is 30.5 Å². The summed E-state index contributed by atoms with van der Waals surface area (Å²) in [5, 5.41) is 3.82. The lowest BCUT2D eigenvalue weighted by molar-refractivity contribution is -0.125. The molecule has 1 aliphatic carbocycles. The van der Waals surface area contributed by atoms with E-state index in [1.165, 1.54) is 6.42 Å². The van der Waals surface area contributed by atoms with E-state index in [0.29, 0.717) is 17.4 Å². The number of para-hydroxylation sites is 1. The molecule has 0 spiro atoms. The first-order valence-electron chi connectivity index (χ1n) is 8.59. The number of aromatic nitrogens is 1. The molecular weight excluding hydrogens is 304 g/mol. The highest BCUT2D eigenvalue weighted by Crippen LogP contribution is 2.29. The van der Waals surface area contributed by atoms with Gasteiger partial charge in [0.05, 0.1) is 5.56 Å². The lowest BCUT2D eigenvalue weighted by Crippen LogP contribution is -2.45. The summed E-state index contributed by atoms with van der Waals surface area (Å²) < 4.78 is 5.19. The first kappa shape index (κ1) is 16.6. The molecule has 1 aromatic carbocycles. The van der Waals surface area contributed by atoms with Gasteiger partial charge in [0.1, 0.15) is 0 Å². The Hall–Kier alpha value is -2.30. The Bertz CT molecular complexity index is 737. The van der Waals surface area contributed by atoms with E-state index in [0.717, 1.165) is 23.7 Å². The van der Waals surface area contributed by atoms with Crippen LogP contribution in [0.2, 0.25) is 0 Å². The summed E-state index contributed by atoms with van der Waals surface area (Å²) in [6.45, 7) is 4.16. The van der Waals surface area contributed by atoms with E-state index >= 15 is 0 Å². The molecule has 1 heterocycles. The lowest BCUT2D eigenvalue weighted by atomic mass is 9.78. The van der Waals surface area contributed by atoms with Gasteiger partial charge in [-0.3, -0.25) is 4.79 Å². The molecule has 0 aliphatic heterocycles. The van der Waals surface area contributed by atoms with Gasteiger partial charge in [0, 0.05) is 23.1 Å². The quantitative estimate of drug-likeness (QED) is 0.846. The zero-order chi connectivity index (χ0) is 17.1. The topological polar surface area (TPSA) is 71.2 Å². The maximum absolute atomic E-state index is 12.2. The van der Waals surface area contributed by atoms with Crippen LogP contribution in [0.25, 0.3) is 10.9 Å². The second-order valence-electron chi connectivity index (χ2n) is 6.77. The molecule has 3 rings (SSSR count). The molecule has 1 aromatic heterocycles. The third-order valence-corrected chi connectivity index (χ3v) is 5.20. The molecule has 0 bridgehead atoms. The van der Waals surface area contributed by atoms with Crippen LogP contribution < -0.4 is 5.32 Å². The van der Waals surface area contributed by atoms with Gasteiger partial charge < -0.3 is 15.0 Å². The summed E-state index contributed by atoms with van der Waals surface area (Å²) in [5.41, 5.74) is 1.33. The van der Waals surface area contributed by atoms with Gasteiger partial charge in [-0.25, -0.2) is 4.79 Å². The molecule has 0 radical (unpaired) electrons. The Morgan fingerprint density at radius 3 is 2.88 bits per heavy atom. The van der Waals surface area contributed by atoms with Crippen molar-refractivity contribution in [2.45, 2.75) is 39.2 Å². The molecular formula is C19H24N2O3. The van der Waals surface area contributed by atoms with Crippen LogP contribution in [-0.4, -0.2) is 29.5 Å². The summed E-state index contributed by atoms with van der Waals surface area (Å²) in [7, 11) is 0. The number of hydrogen-bond acceptors (Lipinski definition) is 3. The van der Waals surface area contributed by atoms with E-state index < -0.39 is 5.97 Å². The third-order valence-electron chi connectivity index (χ3n) is 5.20. The average Bonchev–Trinajstić information content (AvgIpc) is 3.01. The van der Waals surface area contributed by atoms with Crippen molar-refractivity contribution in [3.63, 3.8) is 0 Å². The van der Waals surface area contributed by atoms with Crippen LogP contribution in [0.3, 0.4) is 0 Å². The highest BCUT2D eigenvalue weighted by atomic mass is 16.5. The van der Waals surface area contributed by atoms with Crippen molar-refractivity contribution in [1.29, 1.82) is 0 Å². The van der Waals surface area contributed by atoms with Gasteiger partial charge >= 0.3 is 5.97 Å². The Labute approximate surface area is 141 Å². The van der Waals surface area contributed by atoms with Crippen molar-refractivity contribution >= 4 is 22.8 Å². The van der Waals surface area contributed by atoms with Crippen LogP contribution in [0.4, 0.5) is 0 Å². The zero-order valence-electron chi connectivity index (χ0n) is 14.2. The number of ether oxygens (including phenoxy) is 1. The Balaban J connectivity index is 1.55. The fraction of sp³-hybridized carbons (Fsp3) is 0.474. The maximum atomic E-state index is 12.2. The molecule has 5 nitrogen and oxygen atoms in total. The highest BCUT2D eigenvalue weighted by Gasteiger charge is 2.28. The first-order valence-corrected chi connectivity index (χ1v) is 8.59. The Kier molecular flexibility index (Phi) is 4.88. The molecule has 3 atom stereocenters. The second kappa shape index (κ2) is 7.07. The van der Waals surface area contributed by atoms with Crippen LogP contribution in [0.1, 0.15) is 43.5 Å². The number of hydrogen-bond donors (Lipinski definition) is 2. The number of benzene rings is 1. The molecule has 2 N–H and O–H groups in total. The molecule has 1 fully saturated rings. The van der Waals surface area contributed by atoms with E-state index in [-0.39, 0.29) is 18.6 Å². The minimum atomic E-state index is -0.479. The van der Waals surface area contributed by atoms with Crippen molar-refractivity contribution in [1.82, 2.24) is 10.3 Å². The van der Waals surface area contributed by atoms with Gasteiger partial charge in [0.25, 0.3) is 5.91 Å². The van der Waals surface area contributed by atoms with Crippen molar-refractivity contribution in [3.05, 3.63) is 36.0 Å². The van der Waals surface area contributed by atoms with Gasteiger partial charge in [-0.05, 0) is 24.3 Å². The molecule has 1 aliphatic rings. The van der Waals surface area contributed by atoms with Gasteiger partial charge in [-0.1, -0.05) is 44.9 Å². The fourth-order valence-electron chi connectivity index (χ4n) is 3.48. The summed E-state index contributed by atoms with van der Waals surface area (Å²) in [6, 6.07) is 7.69. The monoisotopic (exact) mass is 328 g/mol. The number of amides is 1. The summed E-state index contributed by atoms with van der Waals surface area (Å²) >= 11 is 0. The van der Waals surface area contributed by atoms with Crippen molar-refractivity contribution < 1.29 is 14.3 Å². The summed E-state index contributed by atoms with van der Waals surface area (Å²) in [5.74, 6) is 0.353. The number of rotatable bonds is 4. The molecule has 128 valence electrons. The number of aromatic amines is 1. The van der Waals surface area contributed by atoms with E-state index in [4.69, 9.17) is 4.74 Å². The van der Waals surface area contributed by atoms with Gasteiger partial charge in [-0.2, -0.15) is 0 Å². The van der Waals surface area contributed by atoms with Crippen LogP contribution >= 0.6 is 0 Å². The van der Waals surface area contributed by atoms with E-state index in [9.17, 15) is 9.59 Å². The van der Waals surface area contributed by atoms with Gasteiger partial charge in [-0.15, -0.1) is 0 Å². The van der Waals surface area contributed by atoms with E-state index in [1.807, 2.05) is 24.3 Å². The molecule has 0 unspecified atom stereocenters. The molecule has 2 aromatic rings. The third kappa shape index (κ3) is 3.45. The zero-order valence-corrected chi connectivity index (χ0v) is 14.2. The van der Waals surface area contributed by atoms with Crippen LogP contribution in [-0.2, 0) is 9.53 Å². The predicted molar refractivity (Wildman–Crippen MR) is 92.7 cm³/mol. The summed E-state index contributed by atoms with van der Waals surface area (Å²) in [4.78, 5) is 27.3. The predicted octanol–water partition coefficient (Wildman–Crippen LogP) is 3.27. The SMILES string of the molecule is C[C@@H]1[C@@H](C)CCC[C@H]1NC(=O)COC(=O)c1c[nH]c2ccccc12. The average molecular weight is 328 g/mol. The number of H-pyrrole nitrogens is 1. The lowest BCUT2D eigenvalue weighted by Gasteiger charge is -2.34. The molecule has 24 heavy (non-hydrogen) atoms. The molecule has 5 heteroatoms. The van der Waals surface area contributed by atoms with E-state index in [1.54, 1.807) is 6.20 Å². The molecule has 1 saturated carbocycles. The maximum Gasteiger partial charge on any atom is 0.340 e. The van der Waals surface area contributed by atoms with Gasteiger partial charge in [0.15, 0.2) is 6.61 Å². The number of carbonyl (C=O) groups excluding carboxylic acids is 2. The van der Waals surface area contributed by atoms with Crippen LogP contribution in [0, 0.1) is 11.8 Å². The highest BCUT2D eigenvalue weighted by molar-refractivity contribution is 6.04. The largest absolute Gasteiger partial charge is 0.452 e. The number of carbonyl (C=O) groups is 2. The smallest absolute Gasteiger partial charge is 0.340 e. The molecule has 0 saturated heterocycles. The number of fused-ring (bicyclic) bond motifs is 1. The number of esters is 1. The van der Waals surface area contributed by atoms with Crippen LogP contribution in [0.5, 0.6) is 0 Å². The summed E-state index contributed by atoms with van der Waals surface area (Å²) in [6.07, 6.45) is 4.96. The van der Waals surface area contributed by atoms with Crippen molar-refractivity contribution in [3.8, 4) is 0 Å². The second-order valence-corrected chi connectivity index (χ2v) is 6.77. The first-order chi connectivity index (χ1) is 11.6. The standard InChI is InChI=1S/C19H24N2O3/c1-12-6-5-9-16(13(12)2)21-18(22)11-24-19(23)15-10-20-17-8-4-3-7-14(15)17/h3-4,7-8,10,12-13,16,20H,5-6,9,11H2,1-2H3,(H,21,22)/t12-,13+,16+/m0/s1. The number of nitrogens with one attached hydrogen (secondary N) is 2. The minimum absolute atomic E-state index is 0.174. The normalized spacial score (nSPS) is 23.8. The van der Waals surface area contributed by atoms with Crippen molar-refractivity contribution in [2.75, 3.05) is 6.61 Å². The minimum Gasteiger partial charge on any atom is -0.452 e. The van der Waals surface area contributed by atoms with Gasteiger partial charge in [0.2, 0.25) is 0 Å². The van der Waals surface area contributed by atoms with E-state index in [2.05, 4.69) is 24.1 Å². The Morgan fingerprint density at radius 2 is 2.04 bits per heavy atom.